The maximum Gasteiger partial charge on any atom is 0.248 e. The highest BCUT2D eigenvalue weighted by molar-refractivity contribution is 6.00. The summed E-state index contributed by atoms with van der Waals surface area (Å²) in [6, 6.07) is 12.3. The molecule has 5 rings (SSSR count). The number of rotatable bonds is 5. The molecule has 33 heavy (non-hydrogen) atoms. The molecule has 2 aliphatic rings. The number of hydrogen-bond acceptors (Lipinski definition) is 4. The maximum absolute atomic E-state index is 12.9. The second kappa shape index (κ2) is 8.67. The molecule has 3 aromatic rings. The van der Waals surface area contributed by atoms with E-state index in [0.717, 1.165) is 72.1 Å². The van der Waals surface area contributed by atoms with E-state index in [1.54, 1.807) is 13.2 Å². The van der Waals surface area contributed by atoms with Gasteiger partial charge in [0.05, 0.1) is 7.11 Å². The Morgan fingerprint density at radius 3 is 2.64 bits per heavy atom. The molecule has 1 aliphatic heterocycles. The Balaban J connectivity index is 1.38. The summed E-state index contributed by atoms with van der Waals surface area (Å²) in [5.74, 6) is 0.660. The van der Waals surface area contributed by atoms with Crippen molar-refractivity contribution in [2.45, 2.75) is 51.1 Å². The molecule has 2 heterocycles. The summed E-state index contributed by atoms with van der Waals surface area (Å²) >= 11 is 0. The van der Waals surface area contributed by atoms with Crippen molar-refractivity contribution in [1.29, 1.82) is 0 Å². The standard InChI is InChI=1S/C27H31N3O3/c1-17(25-24(33-2)9-8-19-4-3-5-23(31)26(19)25)29-13-11-21(12-14-29)30-15-10-18-6-7-20(27(28)32)16-22(18)30/h6-10,15-17,21H,3-5,11-14H2,1-2H3,(H2,28,32). The number of amides is 1. The summed E-state index contributed by atoms with van der Waals surface area (Å²) in [5.41, 5.74) is 10.2. The highest BCUT2D eigenvalue weighted by atomic mass is 16.5. The number of hydrogen-bond donors (Lipinski definition) is 1. The number of nitrogens with zero attached hydrogens (tertiary/aromatic N) is 2. The van der Waals surface area contributed by atoms with Crippen LogP contribution in [-0.4, -0.2) is 41.4 Å². The number of ketones is 1. The van der Waals surface area contributed by atoms with Crippen molar-refractivity contribution in [1.82, 2.24) is 9.47 Å². The third-order valence-corrected chi connectivity index (χ3v) is 7.51. The minimum absolute atomic E-state index is 0.112. The fourth-order valence-electron chi connectivity index (χ4n) is 5.70. The average Bonchev–Trinajstić information content (AvgIpc) is 3.26. The van der Waals surface area contributed by atoms with Gasteiger partial charge < -0.3 is 15.0 Å². The van der Waals surface area contributed by atoms with Crippen LogP contribution in [0.2, 0.25) is 0 Å². The first-order chi connectivity index (χ1) is 16.0. The van der Waals surface area contributed by atoms with Crippen LogP contribution in [0.5, 0.6) is 5.75 Å². The first-order valence-electron chi connectivity index (χ1n) is 11.9. The van der Waals surface area contributed by atoms with E-state index in [-0.39, 0.29) is 11.8 Å². The summed E-state index contributed by atoms with van der Waals surface area (Å²) in [6.45, 7) is 4.06. The molecule has 0 radical (unpaired) electrons. The number of methoxy groups -OCH3 is 1. The van der Waals surface area contributed by atoms with E-state index in [4.69, 9.17) is 10.5 Å². The summed E-state index contributed by atoms with van der Waals surface area (Å²) in [5, 5.41) is 1.12. The average molecular weight is 446 g/mol. The van der Waals surface area contributed by atoms with Crippen molar-refractivity contribution in [2.24, 2.45) is 5.73 Å². The van der Waals surface area contributed by atoms with Gasteiger partial charge in [0.2, 0.25) is 5.91 Å². The molecule has 1 amide bonds. The van der Waals surface area contributed by atoms with E-state index in [9.17, 15) is 9.59 Å². The quantitative estimate of drug-likeness (QED) is 0.619. The second-order valence-electron chi connectivity index (χ2n) is 9.30. The zero-order valence-corrected chi connectivity index (χ0v) is 19.3. The van der Waals surface area contributed by atoms with E-state index in [1.165, 1.54) is 0 Å². The molecule has 1 atom stereocenters. The van der Waals surface area contributed by atoms with Gasteiger partial charge in [0.15, 0.2) is 5.78 Å². The fraction of sp³-hybridized carbons (Fsp3) is 0.407. The van der Waals surface area contributed by atoms with Gasteiger partial charge in [0, 0.05) is 60.0 Å². The highest BCUT2D eigenvalue weighted by Crippen LogP contribution is 2.39. The molecule has 1 saturated heterocycles. The summed E-state index contributed by atoms with van der Waals surface area (Å²) < 4.78 is 8.00. The molecule has 6 heteroatoms. The molecule has 2 N–H and O–H groups in total. The largest absolute Gasteiger partial charge is 0.496 e. The SMILES string of the molecule is COc1ccc2c(c1C(C)N1CCC(n3ccc4ccc(C(N)=O)cc43)CC1)C(=O)CCC2. The smallest absolute Gasteiger partial charge is 0.248 e. The van der Waals surface area contributed by atoms with Gasteiger partial charge in [-0.15, -0.1) is 0 Å². The molecule has 1 aromatic heterocycles. The summed E-state index contributed by atoms with van der Waals surface area (Å²) in [6.07, 6.45) is 6.63. The van der Waals surface area contributed by atoms with E-state index < -0.39 is 5.91 Å². The van der Waals surface area contributed by atoms with Crippen molar-refractivity contribution in [2.75, 3.05) is 20.2 Å². The van der Waals surface area contributed by atoms with Crippen molar-refractivity contribution in [3.8, 4) is 5.75 Å². The number of Topliss-reactive ketones (excluding diaryl/α,β-unsaturated/α-hetero) is 1. The highest BCUT2D eigenvalue weighted by Gasteiger charge is 2.31. The Kier molecular flexibility index (Phi) is 5.71. The minimum Gasteiger partial charge on any atom is -0.496 e. The van der Waals surface area contributed by atoms with Crippen LogP contribution in [0.1, 0.15) is 76.5 Å². The van der Waals surface area contributed by atoms with E-state index in [0.29, 0.717) is 18.0 Å². The lowest BCUT2D eigenvalue weighted by molar-refractivity contribution is 0.0962. The molecule has 0 spiro atoms. The number of likely N-dealkylation sites (tertiary alicyclic amines) is 1. The van der Waals surface area contributed by atoms with E-state index >= 15 is 0 Å². The normalized spacial score (nSPS) is 18.3. The number of piperidine rings is 1. The third-order valence-electron chi connectivity index (χ3n) is 7.51. The van der Waals surface area contributed by atoms with Crippen LogP contribution >= 0.6 is 0 Å². The van der Waals surface area contributed by atoms with Gasteiger partial charge in [-0.2, -0.15) is 0 Å². The Morgan fingerprint density at radius 2 is 1.91 bits per heavy atom. The minimum atomic E-state index is -0.400. The zero-order valence-electron chi connectivity index (χ0n) is 19.3. The van der Waals surface area contributed by atoms with Crippen LogP contribution in [0.25, 0.3) is 10.9 Å². The molecule has 1 unspecified atom stereocenters. The van der Waals surface area contributed by atoms with Gasteiger partial charge in [-0.1, -0.05) is 12.1 Å². The van der Waals surface area contributed by atoms with E-state index in [1.807, 2.05) is 18.2 Å². The fourth-order valence-corrected chi connectivity index (χ4v) is 5.70. The van der Waals surface area contributed by atoms with Crippen LogP contribution in [0.4, 0.5) is 0 Å². The third kappa shape index (κ3) is 3.82. The molecular weight excluding hydrogens is 414 g/mol. The van der Waals surface area contributed by atoms with Gasteiger partial charge >= 0.3 is 0 Å². The number of ether oxygens (including phenoxy) is 1. The van der Waals surface area contributed by atoms with Crippen molar-refractivity contribution in [3.05, 3.63) is 64.8 Å². The lowest BCUT2D eigenvalue weighted by Gasteiger charge is -2.38. The maximum atomic E-state index is 12.9. The van der Waals surface area contributed by atoms with Gasteiger partial charge in [-0.25, -0.2) is 0 Å². The molecule has 6 nitrogen and oxygen atoms in total. The number of fused-ring (bicyclic) bond motifs is 2. The lowest BCUT2D eigenvalue weighted by Crippen LogP contribution is -2.37. The summed E-state index contributed by atoms with van der Waals surface area (Å²) in [7, 11) is 1.69. The Bertz CT molecular complexity index is 1220. The molecule has 2 aromatic carbocycles. The predicted molar refractivity (Wildman–Crippen MR) is 129 cm³/mol. The van der Waals surface area contributed by atoms with E-state index in [2.05, 4.69) is 34.7 Å². The van der Waals surface area contributed by atoms with Crippen LogP contribution in [0, 0.1) is 0 Å². The Hall–Kier alpha value is -3.12. The second-order valence-corrected chi connectivity index (χ2v) is 9.30. The number of aromatic nitrogens is 1. The van der Waals surface area contributed by atoms with Crippen LogP contribution < -0.4 is 10.5 Å². The Morgan fingerprint density at radius 1 is 1.12 bits per heavy atom. The van der Waals surface area contributed by atoms with Gasteiger partial charge in [0.25, 0.3) is 0 Å². The topological polar surface area (TPSA) is 77.6 Å². The first kappa shape index (κ1) is 21.7. The van der Waals surface area contributed by atoms with Crippen molar-refractivity contribution >= 4 is 22.6 Å². The number of carbonyl (C=O) groups is 2. The molecule has 1 aliphatic carbocycles. The van der Waals surface area contributed by atoms with Crippen LogP contribution in [-0.2, 0) is 6.42 Å². The van der Waals surface area contributed by atoms with Crippen molar-refractivity contribution < 1.29 is 14.3 Å². The molecular formula is C27H31N3O3. The van der Waals surface area contributed by atoms with Gasteiger partial charge in [-0.05, 0) is 67.8 Å². The molecule has 1 fully saturated rings. The number of carbonyl (C=O) groups excluding carboxylic acids is 2. The first-order valence-corrected chi connectivity index (χ1v) is 11.9. The Labute approximate surface area is 194 Å². The van der Waals surface area contributed by atoms with Gasteiger partial charge in [0.1, 0.15) is 5.75 Å². The van der Waals surface area contributed by atoms with Crippen LogP contribution in [0.3, 0.4) is 0 Å². The van der Waals surface area contributed by atoms with Gasteiger partial charge in [-0.3, -0.25) is 14.5 Å². The number of primary amides is 1. The summed E-state index contributed by atoms with van der Waals surface area (Å²) in [4.78, 5) is 27.0. The number of aryl methyl sites for hydroxylation is 1. The molecule has 0 bridgehead atoms. The monoisotopic (exact) mass is 445 g/mol. The lowest BCUT2D eigenvalue weighted by atomic mass is 9.84. The molecule has 0 saturated carbocycles. The molecule has 172 valence electrons. The van der Waals surface area contributed by atoms with Crippen molar-refractivity contribution in [3.63, 3.8) is 0 Å². The number of benzene rings is 2. The zero-order chi connectivity index (χ0) is 23.1. The number of nitrogens with two attached hydrogens (primary N) is 1. The predicted octanol–water partition coefficient (Wildman–Crippen LogP) is 4.67. The van der Waals surface area contributed by atoms with Crippen LogP contribution in [0.15, 0.2) is 42.6 Å².